The monoisotopic (exact) mass is 258 g/mol. The van der Waals surface area contributed by atoms with Crippen LogP contribution in [0.2, 0.25) is 0 Å². The quantitative estimate of drug-likeness (QED) is 0.442. The van der Waals surface area contributed by atoms with E-state index in [1.165, 1.54) is 0 Å². The van der Waals surface area contributed by atoms with Crippen LogP contribution >= 0.6 is 0 Å². The van der Waals surface area contributed by atoms with Crippen LogP contribution in [0.5, 0.6) is 0 Å². The van der Waals surface area contributed by atoms with Crippen molar-refractivity contribution in [1.82, 2.24) is 0 Å². The largest absolute Gasteiger partial charge is 0.459 e. The standard InChI is InChI=1S/C10H11F5O2/c1-2-7(16)17-6-8(11)4-3-5-9(12,13)10(8,14)15/h2H,1,3-6H2. The average Bonchev–Trinajstić information content (AvgIpc) is 2.23. The Labute approximate surface area is 94.4 Å². The smallest absolute Gasteiger partial charge is 0.346 e. The first-order valence-electron chi connectivity index (χ1n) is 4.90. The Balaban J connectivity index is 2.86. The molecule has 0 N–H and O–H groups in total. The summed E-state index contributed by atoms with van der Waals surface area (Å²) >= 11 is 0. The minimum absolute atomic E-state index is 0.398. The summed E-state index contributed by atoms with van der Waals surface area (Å²) in [5.74, 6) is -10.4. The fourth-order valence-electron chi connectivity index (χ4n) is 1.64. The van der Waals surface area contributed by atoms with Gasteiger partial charge in [0.1, 0.15) is 6.61 Å². The average molecular weight is 258 g/mol. The SMILES string of the molecule is C=CC(=O)OCC1(F)CCCC(F)(F)C1(F)F. The van der Waals surface area contributed by atoms with E-state index in [0.717, 1.165) is 0 Å². The Morgan fingerprint density at radius 2 is 1.82 bits per heavy atom. The van der Waals surface area contributed by atoms with Gasteiger partial charge < -0.3 is 4.74 Å². The molecule has 1 aliphatic carbocycles. The molecule has 0 bridgehead atoms. The second-order valence-electron chi connectivity index (χ2n) is 3.91. The molecule has 0 saturated heterocycles. The third-order valence-corrected chi connectivity index (χ3v) is 2.70. The lowest BCUT2D eigenvalue weighted by Crippen LogP contribution is -2.61. The molecule has 1 unspecified atom stereocenters. The van der Waals surface area contributed by atoms with Crippen molar-refractivity contribution in [1.29, 1.82) is 0 Å². The van der Waals surface area contributed by atoms with E-state index in [0.29, 0.717) is 6.08 Å². The maximum atomic E-state index is 13.8. The highest BCUT2D eigenvalue weighted by Gasteiger charge is 2.71. The summed E-state index contributed by atoms with van der Waals surface area (Å²) in [5, 5.41) is 0. The predicted molar refractivity (Wildman–Crippen MR) is 48.7 cm³/mol. The normalized spacial score (nSPS) is 30.6. The first-order chi connectivity index (χ1) is 7.66. The Morgan fingerprint density at radius 3 is 2.35 bits per heavy atom. The van der Waals surface area contributed by atoms with E-state index in [4.69, 9.17) is 0 Å². The zero-order valence-electron chi connectivity index (χ0n) is 8.82. The maximum absolute atomic E-state index is 13.8. The van der Waals surface area contributed by atoms with Gasteiger partial charge in [-0.25, -0.2) is 9.18 Å². The van der Waals surface area contributed by atoms with Gasteiger partial charge in [-0.1, -0.05) is 6.58 Å². The van der Waals surface area contributed by atoms with Crippen molar-refractivity contribution in [3.63, 3.8) is 0 Å². The van der Waals surface area contributed by atoms with Gasteiger partial charge in [0.15, 0.2) is 0 Å². The van der Waals surface area contributed by atoms with Crippen LogP contribution in [0.25, 0.3) is 0 Å². The van der Waals surface area contributed by atoms with Crippen LogP contribution in [0, 0.1) is 0 Å². The zero-order chi connectivity index (χ0) is 13.3. The molecule has 2 nitrogen and oxygen atoms in total. The predicted octanol–water partition coefficient (Wildman–Crippen LogP) is 2.88. The maximum Gasteiger partial charge on any atom is 0.346 e. The van der Waals surface area contributed by atoms with Gasteiger partial charge in [0.25, 0.3) is 0 Å². The second kappa shape index (κ2) is 4.27. The summed E-state index contributed by atoms with van der Waals surface area (Å²) in [6, 6.07) is 0. The Bertz CT molecular complexity index is 329. The van der Waals surface area contributed by atoms with Crippen LogP contribution in [0.15, 0.2) is 12.7 Å². The van der Waals surface area contributed by atoms with E-state index in [1.807, 2.05) is 0 Å². The first-order valence-corrected chi connectivity index (χ1v) is 4.90. The highest BCUT2D eigenvalue weighted by Crippen LogP contribution is 2.53. The van der Waals surface area contributed by atoms with Gasteiger partial charge in [-0.3, -0.25) is 0 Å². The van der Waals surface area contributed by atoms with Crippen molar-refractivity contribution < 1.29 is 31.5 Å². The third-order valence-electron chi connectivity index (χ3n) is 2.70. The highest BCUT2D eigenvalue weighted by atomic mass is 19.3. The van der Waals surface area contributed by atoms with Crippen LogP contribution in [0.1, 0.15) is 19.3 Å². The summed E-state index contributed by atoms with van der Waals surface area (Å²) in [6.07, 6.45) is -1.62. The van der Waals surface area contributed by atoms with Crippen molar-refractivity contribution in [3.05, 3.63) is 12.7 Å². The number of rotatable bonds is 3. The van der Waals surface area contributed by atoms with Crippen molar-refractivity contribution >= 4 is 5.97 Å². The molecule has 0 amide bonds. The van der Waals surface area contributed by atoms with Crippen LogP contribution in [-0.4, -0.2) is 30.1 Å². The number of halogens is 5. The molecule has 0 spiro atoms. The van der Waals surface area contributed by atoms with Gasteiger partial charge in [-0.05, 0) is 12.8 Å². The molecule has 7 heteroatoms. The van der Waals surface area contributed by atoms with E-state index >= 15 is 0 Å². The minimum atomic E-state index is -4.85. The van der Waals surface area contributed by atoms with Crippen LogP contribution < -0.4 is 0 Å². The topological polar surface area (TPSA) is 26.3 Å². The number of carbonyl (C=O) groups is 1. The Kier molecular flexibility index (Phi) is 3.50. The lowest BCUT2D eigenvalue weighted by molar-refractivity contribution is -0.299. The summed E-state index contributed by atoms with van der Waals surface area (Å²) < 4.78 is 70.3. The Morgan fingerprint density at radius 1 is 1.24 bits per heavy atom. The van der Waals surface area contributed by atoms with Gasteiger partial charge in [-0.2, -0.15) is 17.6 Å². The lowest BCUT2D eigenvalue weighted by Gasteiger charge is -2.41. The van der Waals surface area contributed by atoms with E-state index in [-0.39, 0.29) is 0 Å². The molecule has 1 saturated carbocycles. The van der Waals surface area contributed by atoms with E-state index in [2.05, 4.69) is 11.3 Å². The molecule has 1 fully saturated rings. The first kappa shape index (κ1) is 13.9. The molecule has 0 heterocycles. The molecule has 0 aromatic carbocycles. The molecule has 1 rings (SSSR count). The molecule has 17 heavy (non-hydrogen) atoms. The van der Waals surface area contributed by atoms with Gasteiger partial charge >= 0.3 is 17.8 Å². The fourth-order valence-corrected chi connectivity index (χ4v) is 1.64. The van der Waals surface area contributed by atoms with Gasteiger partial charge in [0, 0.05) is 12.5 Å². The summed E-state index contributed by atoms with van der Waals surface area (Å²) in [6.45, 7) is 1.58. The number of hydrogen-bond acceptors (Lipinski definition) is 2. The van der Waals surface area contributed by atoms with E-state index in [9.17, 15) is 26.7 Å². The fraction of sp³-hybridized carbons (Fsp3) is 0.700. The molecule has 98 valence electrons. The summed E-state index contributed by atoms with van der Waals surface area (Å²) in [5.41, 5.74) is -3.53. The molecule has 1 aliphatic rings. The summed E-state index contributed by atoms with van der Waals surface area (Å²) in [7, 11) is 0. The molecule has 1 atom stereocenters. The van der Waals surface area contributed by atoms with Gasteiger partial charge in [0.2, 0.25) is 5.67 Å². The van der Waals surface area contributed by atoms with Crippen molar-refractivity contribution in [2.75, 3.05) is 6.61 Å². The minimum Gasteiger partial charge on any atom is -0.459 e. The lowest BCUT2D eigenvalue weighted by atomic mass is 9.80. The van der Waals surface area contributed by atoms with E-state index in [1.54, 1.807) is 0 Å². The number of alkyl halides is 5. The number of carbonyl (C=O) groups excluding carboxylic acids is 1. The molecular formula is C10H11F5O2. The second-order valence-corrected chi connectivity index (χ2v) is 3.91. The number of esters is 1. The van der Waals surface area contributed by atoms with Crippen molar-refractivity contribution in [2.45, 2.75) is 36.8 Å². The molecular weight excluding hydrogens is 247 g/mol. The van der Waals surface area contributed by atoms with Crippen LogP contribution in [0.3, 0.4) is 0 Å². The Hall–Kier alpha value is -1.14. The van der Waals surface area contributed by atoms with Crippen LogP contribution in [-0.2, 0) is 9.53 Å². The molecule has 0 aromatic heterocycles. The number of hydrogen-bond donors (Lipinski definition) is 0. The molecule has 0 radical (unpaired) electrons. The zero-order valence-corrected chi connectivity index (χ0v) is 8.82. The van der Waals surface area contributed by atoms with Crippen LogP contribution in [0.4, 0.5) is 22.0 Å². The van der Waals surface area contributed by atoms with Gasteiger partial charge in [0.05, 0.1) is 0 Å². The van der Waals surface area contributed by atoms with Crippen molar-refractivity contribution in [2.24, 2.45) is 0 Å². The van der Waals surface area contributed by atoms with Crippen molar-refractivity contribution in [3.8, 4) is 0 Å². The number of ether oxygens (including phenoxy) is 1. The molecule has 0 aliphatic heterocycles. The molecule has 0 aromatic rings. The van der Waals surface area contributed by atoms with Gasteiger partial charge in [-0.15, -0.1) is 0 Å². The highest BCUT2D eigenvalue weighted by molar-refractivity contribution is 5.81. The third kappa shape index (κ3) is 2.28. The summed E-state index contributed by atoms with van der Waals surface area (Å²) in [4.78, 5) is 10.6. The van der Waals surface area contributed by atoms with E-state index < -0.39 is 49.4 Å².